The Bertz CT molecular complexity index is 1570. The van der Waals surface area contributed by atoms with Gasteiger partial charge in [0, 0.05) is 17.8 Å². The standard InChI is InChI=1S/C31H26N2O5S/c1-20-16-25(13-14-26(20)38-19-29(34)35)37-18-28-33-30(24-12-15-27(36-2)32-17-24)31(39-28)23-10-8-22(9-11-23)21-6-4-3-5-7-21/h3-17H,18-19H2,1-2H3,(H,34,35). The first-order chi connectivity index (χ1) is 19.0. The van der Waals surface area contributed by atoms with Crippen molar-refractivity contribution in [2.24, 2.45) is 0 Å². The van der Waals surface area contributed by atoms with Gasteiger partial charge < -0.3 is 19.3 Å². The Morgan fingerprint density at radius 1 is 0.872 bits per heavy atom. The fourth-order valence-corrected chi connectivity index (χ4v) is 5.07. The maximum atomic E-state index is 10.8. The summed E-state index contributed by atoms with van der Waals surface area (Å²) in [5.41, 5.74) is 5.87. The van der Waals surface area contributed by atoms with Crippen molar-refractivity contribution in [2.75, 3.05) is 13.7 Å². The van der Waals surface area contributed by atoms with Gasteiger partial charge in [-0.15, -0.1) is 11.3 Å². The van der Waals surface area contributed by atoms with Crippen LogP contribution >= 0.6 is 11.3 Å². The smallest absolute Gasteiger partial charge is 0.341 e. The molecular weight excluding hydrogens is 512 g/mol. The average Bonchev–Trinajstić information content (AvgIpc) is 3.40. The van der Waals surface area contributed by atoms with Crippen molar-refractivity contribution in [3.63, 3.8) is 0 Å². The Morgan fingerprint density at radius 3 is 2.26 bits per heavy atom. The molecule has 5 rings (SSSR count). The molecular formula is C31H26N2O5S. The van der Waals surface area contributed by atoms with Gasteiger partial charge in [0.15, 0.2) is 6.61 Å². The van der Waals surface area contributed by atoms with E-state index in [2.05, 4.69) is 41.4 Å². The third kappa shape index (κ3) is 6.25. The van der Waals surface area contributed by atoms with Crippen LogP contribution in [0.5, 0.6) is 17.4 Å². The number of hydrogen-bond donors (Lipinski definition) is 1. The summed E-state index contributed by atoms with van der Waals surface area (Å²) in [7, 11) is 1.59. The number of thiazole rings is 1. The van der Waals surface area contributed by atoms with Gasteiger partial charge in [-0.05, 0) is 53.4 Å². The molecule has 1 N–H and O–H groups in total. The highest BCUT2D eigenvalue weighted by molar-refractivity contribution is 7.15. The summed E-state index contributed by atoms with van der Waals surface area (Å²) >= 11 is 1.57. The van der Waals surface area contributed by atoms with Crippen LogP contribution in [0, 0.1) is 6.92 Å². The number of rotatable bonds is 10. The Labute approximate surface area is 230 Å². The molecule has 0 aliphatic rings. The van der Waals surface area contributed by atoms with E-state index < -0.39 is 12.6 Å². The highest BCUT2D eigenvalue weighted by Crippen LogP contribution is 2.38. The number of pyridine rings is 1. The lowest BCUT2D eigenvalue weighted by Gasteiger charge is -2.09. The third-order valence-corrected chi connectivity index (χ3v) is 7.08. The van der Waals surface area contributed by atoms with Crippen molar-refractivity contribution in [3.05, 3.63) is 102 Å². The maximum absolute atomic E-state index is 10.8. The first-order valence-electron chi connectivity index (χ1n) is 12.2. The van der Waals surface area contributed by atoms with Gasteiger partial charge in [0.25, 0.3) is 0 Å². The summed E-state index contributed by atoms with van der Waals surface area (Å²) in [6, 6.07) is 27.8. The lowest BCUT2D eigenvalue weighted by molar-refractivity contribution is -0.139. The fraction of sp³-hybridized carbons (Fsp3) is 0.129. The van der Waals surface area contributed by atoms with E-state index >= 15 is 0 Å². The number of carboxylic acids is 1. The molecule has 196 valence electrons. The number of nitrogens with zero attached hydrogens (tertiary/aromatic N) is 2. The molecule has 0 saturated carbocycles. The summed E-state index contributed by atoms with van der Waals surface area (Å²) in [4.78, 5) is 21.1. The molecule has 5 aromatic rings. The van der Waals surface area contributed by atoms with Crippen molar-refractivity contribution >= 4 is 17.3 Å². The molecule has 0 unspecified atom stereocenters. The van der Waals surface area contributed by atoms with E-state index in [-0.39, 0.29) is 6.61 Å². The van der Waals surface area contributed by atoms with Gasteiger partial charge >= 0.3 is 5.97 Å². The average molecular weight is 539 g/mol. The minimum atomic E-state index is -1.02. The highest BCUT2D eigenvalue weighted by atomic mass is 32.1. The summed E-state index contributed by atoms with van der Waals surface area (Å²) < 4.78 is 16.6. The van der Waals surface area contributed by atoms with E-state index in [9.17, 15) is 4.79 Å². The van der Waals surface area contributed by atoms with Gasteiger partial charge in [-0.3, -0.25) is 0 Å². The molecule has 0 aliphatic heterocycles. The molecule has 0 radical (unpaired) electrons. The molecule has 7 nitrogen and oxygen atoms in total. The predicted octanol–water partition coefficient (Wildman–Crippen LogP) is 6.90. The van der Waals surface area contributed by atoms with E-state index in [1.165, 1.54) is 0 Å². The monoisotopic (exact) mass is 538 g/mol. The number of ether oxygens (including phenoxy) is 3. The number of aromatic nitrogens is 2. The van der Waals surface area contributed by atoms with Crippen LogP contribution in [0.4, 0.5) is 0 Å². The van der Waals surface area contributed by atoms with Crippen molar-refractivity contribution in [1.29, 1.82) is 0 Å². The number of benzene rings is 3. The molecule has 0 aliphatic carbocycles. The number of aliphatic carboxylic acids is 1. The number of hydrogen-bond acceptors (Lipinski definition) is 7. The van der Waals surface area contributed by atoms with Crippen LogP contribution < -0.4 is 14.2 Å². The summed E-state index contributed by atoms with van der Waals surface area (Å²) in [5, 5.41) is 9.66. The molecule has 0 fully saturated rings. The van der Waals surface area contributed by atoms with E-state index in [0.29, 0.717) is 17.4 Å². The van der Waals surface area contributed by atoms with Crippen LogP contribution in [-0.2, 0) is 11.4 Å². The van der Waals surface area contributed by atoms with Gasteiger partial charge in [-0.2, -0.15) is 0 Å². The van der Waals surface area contributed by atoms with Gasteiger partial charge in [-0.1, -0.05) is 54.6 Å². The SMILES string of the molecule is COc1ccc(-c2nc(COc3ccc(OCC(=O)O)c(C)c3)sc2-c2ccc(-c3ccccc3)cc2)cn1. The lowest BCUT2D eigenvalue weighted by atomic mass is 10.0. The minimum Gasteiger partial charge on any atom is -0.486 e. The second-order valence-corrected chi connectivity index (χ2v) is 9.80. The van der Waals surface area contributed by atoms with Crippen molar-refractivity contribution in [2.45, 2.75) is 13.5 Å². The highest BCUT2D eigenvalue weighted by Gasteiger charge is 2.17. The van der Waals surface area contributed by atoms with Gasteiger partial charge in [0.05, 0.1) is 17.7 Å². The second kappa shape index (κ2) is 11.8. The van der Waals surface area contributed by atoms with E-state index in [1.807, 2.05) is 43.3 Å². The van der Waals surface area contributed by atoms with E-state index in [0.717, 1.165) is 43.4 Å². The summed E-state index contributed by atoms with van der Waals surface area (Å²) in [6.07, 6.45) is 1.76. The molecule has 2 aromatic heterocycles. The van der Waals surface area contributed by atoms with Crippen molar-refractivity contribution in [3.8, 4) is 50.2 Å². The molecule has 3 aromatic carbocycles. The predicted molar refractivity (Wildman–Crippen MR) is 151 cm³/mol. The largest absolute Gasteiger partial charge is 0.486 e. The zero-order chi connectivity index (χ0) is 27.2. The Morgan fingerprint density at radius 2 is 1.59 bits per heavy atom. The van der Waals surface area contributed by atoms with E-state index in [4.69, 9.17) is 24.3 Å². The number of carbonyl (C=O) groups is 1. The molecule has 2 heterocycles. The lowest BCUT2D eigenvalue weighted by Crippen LogP contribution is -2.10. The number of aryl methyl sites for hydroxylation is 1. The summed E-state index contributed by atoms with van der Waals surface area (Å²) in [6.45, 7) is 1.73. The second-order valence-electron chi connectivity index (χ2n) is 8.72. The van der Waals surface area contributed by atoms with Crippen LogP contribution in [0.3, 0.4) is 0 Å². The van der Waals surface area contributed by atoms with Crippen molar-refractivity contribution < 1.29 is 24.1 Å². The Kier molecular flexibility index (Phi) is 7.84. The van der Waals surface area contributed by atoms with Crippen LogP contribution in [0.15, 0.2) is 91.1 Å². The van der Waals surface area contributed by atoms with Crippen LogP contribution in [0.25, 0.3) is 32.8 Å². The molecule has 8 heteroatoms. The number of methoxy groups -OCH3 is 1. The first kappa shape index (κ1) is 25.9. The first-order valence-corrected chi connectivity index (χ1v) is 13.1. The zero-order valence-electron chi connectivity index (χ0n) is 21.5. The van der Waals surface area contributed by atoms with Crippen molar-refractivity contribution in [1.82, 2.24) is 9.97 Å². The zero-order valence-corrected chi connectivity index (χ0v) is 22.3. The molecule has 0 bridgehead atoms. The van der Waals surface area contributed by atoms with Crippen LogP contribution in [0.1, 0.15) is 10.6 Å². The van der Waals surface area contributed by atoms with Gasteiger partial charge in [0.1, 0.15) is 23.1 Å². The molecule has 0 spiro atoms. The maximum Gasteiger partial charge on any atom is 0.341 e. The van der Waals surface area contributed by atoms with E-state index in [1.54, 1.807) is 36.8 Å². The Hall–Kier alpha value is -4.69. The minimum absolute atomic E-state index is 0.276. The van der Waals surface area contributed by atoms with Gasteiger partial charge in [-0.25, -0.2) is 14.8 Å². The van der Waals surface area contributed by atoms with Crippen LogP contribution in [0.2, 0.25) is 0 Å². The fourth-order valence-electron chi connectivity index (χ4n) is 4.06. The summed E-state index contributed by atoms with van der Waals surface area (Å²) in [5.74, 6) is 0.672. The Balaban J connectivity index is 1.41. The molecule has 0 amide bonds. The number of carboxylic acid groups (broad SMARTS) is 1. The quantitative estimate of drug-likeness (QED) is 0.207. The molecule has 0 atom stereocenters. The van der Waals surface area contributed by atoms with Gasteiger partial charge in [0.2, 0.25) is 5.88 Å². The molecule has 39 heavy (non-hydrogen) atoms. The molecule has 0 saturated heterocycles. The topological polar surface area (TPSA) is 90.8 Å². The third-order valence-electron chi connectivity index (χ3n) is 6.00. The normalized spacial score (nSPS) is 10.7. The van der Waals surface area contributed by atoms with Crippen LogP contribution in [-0.4, -0.2) is 34.8 Å².